The normalized spacial score (nSPS) is 10.7. The number of furan rings is 1. The summed E-state index contributed by atoms with van der Waals surface area (Å²) in [4.78, 5) is 12.0. The Hall–Kier alpha value is -2.54. The molecule has 3 aromatic rings. The zero-order valence-electron chi connectivity index (χ0n) is 12.8. The van der Waals surface area contributed by atoms with Crippen LogP contribution in [0.1, 0.15) is 5.56 Å². The highest BCUT2D eigenvalue weighted by atomic mass is 32.2. The van der Waals surface area contributed by atoms with Gasteiger partial charge in [0.15, 0.2) is 16.7 Å². The second kappa shape index (κ2) is 6.70. The van der Waals surface area contributed by atoms with E-state index in [9.17, 15) is 4.79 Å². The van der Waals surface area contributed by atoms with Gasteiger partial charge in [-0.3, -0.25) is 4.79 Å². The van der Waals surface area contributed by atoms with Gasteiger partial charge < -0.3 is 14.3 Å². The molecule has 0 aliphatic heterocycles. The number of rotatable bonds is 5. The van der Waals surface area contributed by atoms with Crippen molar-refractivity contribution in [3.8, 4) is 11.6 Å². The number of thioether (sulfide) groups is 1. The summed E-state index contributed by atoms with van der Waals surface area (Å²) in [5.74, 6) is 1.47. The number of amides is 1. The van der Waals surface area contributed by atoms with Crippen LogP contribution < -0.4 is 5.32 Å². The topological polar surface area (TPSA) is 73.0 Å². The van der Waals surface area contributed by atoms with Gasteiger partial charge >= 0.3 is 0 Å². The third-order valence-electron chi connectivity index (χ3n) is 3.21. The molecule has 0 fully saturated rings. The van der Waals surface area contributed by atoms with Crippen molar-refractivity contribution >= 4 is 23.4 Å². The average molecular weight is 328 g/mol. The molecule has 6 nitrogen and oxygen atoms in total. The van der Waals surface area contributed by atoms with Crippen molar-refractivity contribution in [3.63, 3.8) is 0 Å². The summed E-state index contributed by atoms with van der Waals surface area (Å²) in [6.07, 6.45) is 1.59. The van der Waals surface area contributed by atoms with Gasteiger partial charge in [0.25, 0.3) is 0 Å². The predicted molar refractivity (Wildman–Crippen MR) is 89.2 cm³/mol. The third-order valence-corrected chi connectivity index (χ3v) is 4.23. The van der Waals surface area contributed by atoms with Crippen LogP contribution in [0.15, 0.2) is 52.2 Å². The molecule has 118 valence electrons. The van der Waals surface area contributed by atoms with Crippen LogP contribution in [-0.2, 0) is 11.8 Å². The molecule has 2 aromatic heterocycles. The first-order chi connectivity index (χ1) is 11.1. The molecular weight excluding hydrogens is 312 g/mol. The van der Waals surface area contributed by atoms with Crippen LogP contribution in [0.25, 0.3) is 11.6 Å². The first kappa shape index (κ1) is 15.4. The van der Waals surface area contributed by atoms with E-state index in [2.05, 4.69) is 15.5 Å². The highest BCUT2D eigenvalue weighted by Gasteiger charge is 2.14. The lowest BCUT2D eigenvalue weighted by Crippen LogP contribution is -2.14. The molecule has 2 heterocycles. The zero-order chi connectivity index (χ0) is 16.2. The molecule has 0 bridgehead atoms. The van der Waals surface area contributed by atoms with Gasteiger partial charge in [-0.1, -0.05) is 23.9 Å². The van der Waals surface area contributed by atoms with Crippen LogP contribution in [0.5, 0.6) is 0 Å². The second-order valence-electron chi connectivity index (χ2n) is 5.05. The lowest BCUT2D eigenvalue weighted by atomic mass is 10.2. The number of anilines is 1. The molecule has 1 N–H and O–H groups in total. The molecule has 1 amide bonds. The van der Waals surface area contributed by atoms with Crippen LogP contribution in [0.4, 0.5) is 5.69 Å². The predicted octanol–water partition coefficient (Wildman–Crippen LogP) is 3.11. The Morgan fingerprint density at radius 1 is 1.30 bits per heavy atom. The smallest absolute Gasteiger partial charge is 0.234 e. The van der Waals surface area contributed by atoms with Crippen molar-refractivity contribution in [1.82, 2.24) is 14.8 Å². The molecule has 0 aliphatic carbocycles. The minimum absolute atomic E-state index is 0.0804. The fourth-order valence-electron chi connectivity index (χ4n) is 2.11. The van der Waals surface area contributed by atoms with Gasteiger partial charge in [0.2, 0.25) is 5.91 Å². The lowest BCUT2D eigenvalue weighted by Gasteiger charge is -2.06. The number of benzene rings is 1. The molecule has 23 heavy (non-hydrogen) atoms. The fraction of sp³-hybridized carbons (Fsp3) is 0.188. The molecule has 7 heteroatoms. The minimum Gasteiger partial charge on any atom is -0.461 e. The SMILES string of the molecule is Cc1cccc(NC(=O)CSc2nnc(-c3ccco3)n2C)c1. The van der Waals surface area contributed by atoms with Gasteiger partial charge in [-0.15, -0.1) is 10.2 Å². The van der Waals surface area contributed by atoms with Gasteiger partial charge in [0, 0.05) is 12.7 Å². The van der Waals surface area contributed by atoms with Crippen molar-refractivity contribution in [2.45, 2.75) is 12.1 Å². The Kier molecular flexibility index (Phi) is 4.47. The summed E-state index contributed by atoms with van der Waals surface area (Å²) in [6.45, 7) is 1.99. The van der Waals surface area contributed by atoms with Gasteiger partial charge in [-0.05, 0) is 36.8 Å². The summed E-state index contributed by atoms with van der Waals surface area (Å²) in [5.41, 5.74) is 1.90. The van der Waals surface area contributed by atoms with Gasteiger partial charge in [-0.2, -0.15) is 0 Å². The molecule has 3 rings (SSSR count). The van der Waals surface area contributed by atoms with E-state index in [1.165, 1.54) is 11.8 Å². The van der Waals surface area contributed by atoms with Crippen molar-refractivity contribution in [2.24, 2.45) is 7.05 Å². The van der Waals surface area contributed by atoms with Crippen LogP contribution in [0.2, 0.25) is 0 Å². The Labute approximate surface area is 137 Å². The molecule has 1 aromatic carbocycles. The van der Waals surface area contributed by atoms with E-state index in [1.54, 1.807) is 12.3 Å². The number of nitrogens with zero attached hydrogens (tertiary/aromatic N) is 3. The number of nitrogens with one attached hydrogen (secondary N) is 1. The zero-order valence-corrected chi connectivity index (χ0v) is 13.6. The van der Waals surface area contributed by atoms with Crippen LogP contribution in [0.3, 0.4) is 0 Å². The fourth-order valence-corrected chi connectivity index (χ4v) is 2.82. The maximum Gasteiger partial charge on any atom is 0.234 e. The number of carbonyl (C=O) groups excluding carboxylic acids is 1. The van der Waals surface area contributed by atoms with Gasteiger partial charge in [0.05, 0.1) is 12.0 Å². The quantitative estimate of drug-likeness (QED) is 0.729. The largest absolute Gasteiger partial charge is 0.461 e. The van der Waals surface area contributed by atoms with Gasteiger partial charge in [-0.25, -0.2) is 0 Å². The lowest BCUT2D eigenvalue weighted by molar-refractivity contribution is -0.113. The second-order valence-corrected chi connectivity index (χ2v) is 5.99. The molecular formula is C16H16N4O2S. The van der Waals surface area contributed by atoms with E-state index in [-0.39, 0.29) is 11.7 Å². The van der Waals surface area contributed by atoms with Crippen molar-refractivity contribution in [3.05, 3.63) is 48.2 Å². The Morgan fingerprint density at radius 3 is 2.91 bits per heavy atom. The molecule has 0 aliphatic rings. The monoisotopic (exact) mass is 328 g/mol. The Balaban J connectivity index is 1.61. The van der Waals surface area contributed by atoms with E-state index >= 15 is 0 Å². The number of aromatic nitrogens is 3. The van der Waals surface area contributed by atoms with E-state index in [0.717, 1.165) is 11.3 Å². The maximum absolute atomic E-state index is 12.0. The number of aryl methyl sites for hydroxylation is 1. The molecule has 0 spiro atoms. The highest BCUT2D eigenvalue weighted by molar-refractivity contribution is 7.99. The summed E-state index contributed by atoms with van der Waals surface area (Å²) < 4.78 is 7.13. The molecule has 0 saturated heterocycles. The first-order valence-corrected chi connectivity index (χ1v) is 8.04. The summed E-state index contributed by atoms with van der Waals surface area (Å²) in [6, 6.07) is 11.3. The molecule has 0 saturated carbocycles. The van der Waals surface area contributed by atoms with Crippen LogP contribution in [0, 0.1) is 6.92 Å². The summed E-state index contributed by atoms with van der Waals surface area (Å²) >= 11 is 1.33. The summed E-state index contributed by atoms with van der Waals surface area (Å²) in [7, 11) is 1.85. The first-order valence-electron chi connectivity index (χ1n) is 7.06. The number of carbonyl (C=O) groups is 1. The summed E-state index contributed by atoms with van der Waals surface area (Å²) in [5, 5.41) is 11.7. The molecule has 0 atom stereocenters. The third kappa shape index (κ3) is 3.62. The number of hydrogen-bond acceptors (Lipinski definition) is 5. The standard InChI is InChI=1S/C16H16N4O2S/c1-11-5-3-6-12(9-11)17-14(21)10-23-16-19-18-15(20(16)2)13-7-4-8-22-13/h3-9H,10H2,1-2H3,(H,17,21). The Bertz CT molecular complexity index is 811. The van der Waals surface area contributed by atoms with Crippen molar-refractivity contribution in [1.29, 1.82) is 0 Å². The molecule has 0 unspecified atom stereocenters. The van der Waals surface area contributed by atoms with E-state index < -0.39 is 0 Å². The maximum atomic E-state index is 12.0. The average Bonchev–Trinajstić information content (AvgIpc) is 3.15. The van der Waals surface area contributed by atoms with E-state index in [0.29, 0.717) is 16.7 Å². The van der Waals surface area contributed by atoms with Crippen molar-refractivity contribution < 1.29 is 9.21 Å². The highest BCUT2D eigenvalue weighted by Crippen LogP contribution is 2.23. The van der Waals surface area contributed by atoms with E-state index in [1.807, 2.05) is 48.9 Å². The van der Waals surface area contributed by atoms with Crippen LogP contribution >= 0.6 is 11.8 Å². The number of hydrogen-bond donors (Lipinski definition) is 1. The minimum atomic E-state index is -0.0804. The molecule has 0 radical (unpaired) electrons. The van der Waals surface area contributed by atoms with E-state index in [4.69, 9.17) is 4.42 Å². The van der Waals surface area contributed by atoms with Crippen LogP contribution in [-0.4, -0.2) is 26.4 Å². The van der Waals surface area contributed by atoms with Crippen molar-refractivity contribution in [2.75, 3.05) is 11.1 Å². The Morgan fingerprint density at radius 2 is 2.17 bits per heavy atom. The van der Waals surface area contributed by atoms with Gasteiger partial charge in [0.1, 0.15) is 0 Å².